The first kappa shape index (κ1) is 26.1. The maximum Gasteiger partial charge on any atom is 0.242 e. The Hall–Kier alpha value is -1.11. The van der Waals surface area contributed by atoms with Crippen LogP contribution in [0, 0.1) is 0 Å². The van der Waals surface area contributed by atoms with Crippen molar-refractivity contribution in [1.29, 1.82) is 0 Å². The SMILES string of the molecule is CCCNC(=O)[C@H](C)N(Cc1c(Cl)cccc1Cl)C(=O)CSCc1ccc(Cl)c(Cl)c1. The Morgan fingerprint density at radius 1 is 1.03 bits per heavy atom. The van der Waals surface area contributed by atoms with Crippen molar-refractivity contribution in [3.63, 3.8) is 0 Å². The second-order valence-electron chi connectivity index (χ2n) is 6.93. The summed E-state index contributed by atoms with van der Waals surface area (Å²) in [4.78, 5) is 27.2. The summed E-state index contributed by atoms with van der Waals surface area (Å²) in [7, 11) is 0. The van der Waals surface area contributed by atoms with Gasteiger partial charge in [0.1, 0.15) is 6.04 Å². The number of carbonyl (C=O) groups excluding carboxylic acids is 2. The van der Waals surface area contributed by atoms with Crippen LogP contribution >= 0.6 is 58.2 Å². The van der Waals surface area contributed by atoms with Crippen molar-refractivity contribution < 1.29 is 9.59 Å². The molecule has 0 heterocycles. The first-order valence-electron chi connectivity index (χ1n) is 9.76. The molecule has 2 rings (SSSR count). The zero-order valence-corrected chi connectivity index (χ0v) is 21.1. The van der Waals surface area contributed by atoms with Crippen LogP contribution in [0.2, 0.25) is 20.1 Å². The Morgan fingerprint density at radius 2 is 1.71 bits per heavy atom. The number of hydrogen-bond donors (Lipinski definition) is 1. The number of carbonyl (C=O) groups is 2. The van der Waals surface area contributed by atoms with E-state index in [1.165, 1.54) is 16.7 Å². The first-order chi connectivity index (χ1) is 14.7. The van der Waals surface area contributed by atoms with Crippen LogP contribution in [0.15, 0.2) is 36.4 Å². The number of halogens is 4. The molecule has 0 radical (unpaired) electrons. The molecule has 1 N–H and O–H groups in total. The number of rotatable bonds is 10. The van der Waals surface area contributed by atoms with Gasteiger partial charge in [0.2, 0.25) is 11.8 Å². The summed E-state index contributed by atoms with van der Waals surface area (Å²) in [5, 5.41) is 4.71. The van der Waals surface area contributed by atoms with Gasteiger partial charge in [-0.1, -0.05) is 65.5 Å². The van der Waals surface area contributed by atoms with Crippen molar-refractivity contribution in [2.45, 2.75) is 38.6 Å². The van der Waals surface area contributed by atoms with Gasteiger partial charge < -0.3 is 10.2 Å². The molecule has 0 bridgehead atoms. The average Bonchev–Trinajstić information content (AvgIpc) is 2.73. The predicted octanol–water partition coefficient (Wildman–Crippen LogP) is 6.48. The molecule has 0 aromatic heterocycles. The van der Waals surface area contributed by atoms with Gasteiger partial charge in [0.15, 0.2) is 0 Å². The van der Waals surface area contributed by atoms with Crippen LogP contribution in [0.1, 0.15) is 31.4 Å². The van der Waals surface area contributed by atoms with Crippen LogP contribution in [-0.2, 0) is 21.9 Å². The number of nitrogens with zero attached hydrogens (tertiary/aromatic N) is 1. The highest BCUT2D eigenvalue weighted by Gasteiger charge is 2.27. The molecule has 0 aliphatic carbocycles. The molecule has 9 heteroatoms. The number of thioether (sulfide) groups is 1. The van der Waals surface area contributed by atoms with Crippen LogP contribution in [0.3, 0.4) is 0 Å². The molecule has 0 saturated heterocycles. The van der Waals surface area contributed by atoms with Gasteiger partial charge in [0.25, 0.3) is 0 Å². The Morgan fingerprint density at radius 3 is 2.32 bits per heavy atom. The molecule has 168 valence electrons. The largest absolute Gasteiger partial charge is 0.354 e. The number of hydrogen-bond acceptors (Lipinski definition) is 3. The van der Waals surface area contributed by atoms with Gasteiger partial charge in [-0.25, -0.2) is 0 Å². The number of benzene rings is 2. The summed E-state index contributed by atoms with van der Waals surface area (Å²) >= 11 is 26.1. The molecule has 1 atom stereocenters. The molecule has 0 saturated carbocycles. The summed E-state index contributed by atoms with van der Waals surface area (Å²) in [6.07, 6.45) is 0.808. The quantitative estimate of drug-likeness (QED) is 0.389. The number of amides is 2. The van der Waals surface area contributed by atoms with Crippen LogP contribution in [0.4, 0.5) is 0 Å². The van der Waals surface area contributed by atoms with Crippen molar-refractivity contribution in [3.05, 3.63) is 67.6 Å². The Bertz CT molecular complexity index is 906. The van der Waals surface area contributed by atoms with Crippen molar-refractivity contribution >= 4 is 70.0 Å². The molecule has 0 spiro atoms. The van der Waals surface area contributed by atoms with Crippen LogP contribution < -0.4 is 5.32 Å². The van der Waals surface area contributed by atoms with Crippen LogP contribution in [-0.4, -0.2) is 35.1 Å². The van der Waals surface area contributed by atoms with E-state index >= 15 is 0 Å². The molecule has 0 aliphatic heterocycles. The summed E-state index contributed by atoms with van der Waals surface area (Å²) in [5.41, 5.74) is 1.57. The summed E-state index contributed by atoms with van der Waals surface area (Å²) in [6, 6.07) is 9.88. The lowest BCUT2D eigenvalue weighted by Crippen LogP contribution is -2.48. The van der Waals surface area contributed by atoms with Crippen molar-refractivity contribution in [2.24, 2.45) is 0 Å². The lowest BCUT2D eigenvalue weighted by atomic mass is 10.1. The predicted molar refractivity (Wildman–Crippen MR) is 132 cm³/mol. The van der Waals surface area contributed by atoms with Crippen molar-refractivity contribution in [3.8, 4) is 0 Å². The van der Waals surface area contributed by atoms with Gasteiger partial charge in [-0.15, -0.1) is 11.8 Å². The third-order valence-electron chi connectivity index (χ3n) is 4.58. The molecule has 4 nitrogen and oxygen atoms in total. The second kappa shape index (κ2) is 12.8. The van der Waals surface area contributed by atoms with E-state index in [1.54, 1.807) is 37.3 Å². The van der Waals surface area contributed by atoms with Gasteiger partial charge in [-0.05, 0) is 43.2 Å². The molecule has 2 aromatic carbocycles. The fraction of sp³-hybridized carbons (Fsp3) is 0.364. The van der Waals surface area contributed by atoms with Gasteiger partial charge in [0.05, 0.1) is 15.8 Å². The van der Waals surface area contributed by atoms with Gasteiger partial charge in [-0.3, -0.25) is 9.59 Å². The molecule has 31 heavy (non-hydrogen) atoms. The minimum atomic E-state index is -0.669. The zero-order chi connectivity index (χ0) is 23.0. The van der Waals surface area contributed by atoms with Gasteiger partial charge in [-0.2, -0.15) is 0 Å². The maximum atomic E-state index is 13.1. The highest BCUT2D eigenvalue weighted by molar-refractivity contribution is 7.99. The van der Waals surface area contributed by atoms with Gasteiger partial charge in [0, 0.05) is 34.5 Å². The molecular formula is C22H24Cl4N2O2S. The monoisotopic (exact) mass is 520 g/mol. The lowest BCUT2D eigenvalue weighted by molar-refractivity contribution is -0.138. The smallest absolute Gasteiger partial charge is 0.242 e. The van der Waals surface area contributed by atoms with Crippen LogP contribution in [0.5, 0.6) is 0 Å². The molecular weight excluding hydrogens is 498 g/mol. The summed E-state index contributed by atoms with van der Waals surface area (Å²) in [6.45, 7) is 4.36. The normalized spacial score (nSPS) is 11.8. The van der Waals surface area contributed by atoms with E-state index in [2.05, 4.69) is 5.32 Å². The van der Waals surface area contributed by atoms with E-state index < -0.39 is 6.04 Å². The van der Waals surface area contributed by atoms with E-state index in [1.807, 2.05) is 13.0 Å². The van der Waals surface area contributed by atoms with E-state index in [0.29, 0.717) is 38.0 Å². The van der Waals surface area contributed by atoms with Crippen molar-refractivity contribution in [1.82, 2.24) is 10.2 Å². The third kappa shape index (κ3) is 7.76. The topological polar surface area (TPSA) is 49.4 Å². The van der Waals surface area contributed by atoms with Crippen LogP contribution in [0.25, 0.3) is 0 Å². The van der Waals surface area contributed by atoms with E-state index in [-0.39, 0.29) is 24.1 Å². The summed E-state index contributed by atoms with van der Waals surface area (Å²) in [5.74, 6) is 0.376. The average molecular weight is 522 g/mol. The van der Waals surface area contributed by atoms with E-state index in [9.17, 15) is 9.59 Å². The Balaban J connectivity index is 2.12. The minimum Gasteiger partial charge on any atom is -0.354 e. The minimum absolute atomic E-state index is 0.144. The van der Waals surface area contributed by atoms with E-state index in [0.717, 1.165) is 12.0 Å². The Labute approximate surface area is 207 Å². The highest BCUT2D eigenvalue weighted by atomic mass is 35.5. The third-order valence-corrected chi connectivity index (χ3v) is 7.02. The fourth-order valence-electron chi connectivity index (χ4n) is 2.80. The molecule has 0 fully saturated rings. The van der Waals surface area contributed by atoms with E-state index in [4.69, 9.17) is 46.4 Å². The molecule has 0 unspecified atom stereocenters. The first-order valence-corrected chi connectivity index (χ1v) is 12.4. The zero-order valence-electron chi connectivity index (χ0n) is 17.3. The maximum absolute atomic E-state index is 13.1. The molecule has 0 aliphatic rings. The molecule has 2 aromatic rings. The second-order valence-corrected chi connectivity index (χ2v) is 9.54. The number of nitrogens with one attached hydrogen (secondary N) is 1. The fourth-order valence-corrected chi connectivity index (χ4v) is 4.50. The van der Waals surface area contributed by atoms with Crippen molar-refractivity contribution in [2.75, 3.05) is 12.3 Å². The standard InChI is InChI=1S/C22H24Cl4N2O2S/c1-3-9-27-22(30)14(2)28(11-16-17(23)5-4-6-18(16)24)21(29)13-31-12-15-7-8-19(25)20(26)10-15/h4-8,10,14H,3,9,11-13H2,1-2H3,(H,27,30)/t14-/m0/s1. The van der Waals surface area contributed by atoms with Gasteiger partial charge >= 0.3 is 0 Å². The highest BCUT2D eigenvalue weighted by Crippen LogP contribution is 2.28. The lowest BCUT2D eigenvalue weighted by Gasteiger charge is -2.29. The summed E-state index contributed by atoms with van der Waals surface area (Å²) < 4.78 is 0. The Kier molecular flexibility index (Phi) is 10.8. The molecule has 2 amide bonds.